The highest BCUT2D eigenvalue weighted by Crippen LogP contribution is 2.40. The fourth-order valence-corrected chi connectivity index (χ4v) is 4.17. The lowest BCUT2D eigenvalue weighted by Crippen LogP contribution is -2.23. The van der Waals surface area contributed by atoms with Gasteiger partial charge in [-0.05, 0) is 37.1 Å². The van der Waals surface area contributed by atoms with Crippen LogP contribution in [0.4, 0.5) is 4.39 Å². The molecule has 0 aliphatic rings. The average Bonchev–Trinajstić information content (AvgIpc) is 3.25. The third-order valence-corrected chi connectivity index (χ3v) is 6.64. The van der Waals surface area contributed by atoms with Crippen LogP contribution in [0, 0.1) is 5.82 Å². The fraction of sp³-hybridized carbons (Fsp3) is 0.346. The van der Waals surface area contributed by atoms with Gasteiger partial charge in [0, 0.05) is 59.7 Å². The molecule has 7 heteroatoms. The Bertz CT molecular complexity index is 1190. The molecule has 0 aliphatic heterocycles. The third-order valence-electron chi connectivity index (χ3n) is 6.25. The number of hydrogen-bond donors (Lipinski definition) is 1. The average molecular weight is 472 g/mol. The van der Waals surface area contributed by atoms with E-state index >= 15 is 0 Å². The lowest BCUT2D eigenvalue weighted by atomic mass is 9.91. The molecule has 3 aromatic rings. The van der Waals surface area contributed by atoms with Crippen LogP contribution in [-0.4, -0.2) is 42.2 Å². The number of nitrogens with zero attached hydrogens (tertiary/aromatic N) is 2. The highest BCUT2D eigenvalue weighted by Gasteiger charge is 2.23. The Balaban J connectivity index is 2.14. The second-order valence-corrected chi connectivity index (χ2v) is 8.53. The SMILES string of the molecule is C=C(OC)C(=CN(C)C(C)CC)c1cnc2[nH]cc(C(C)c3c(OC)ccc(F)c3Cl)c2c1. The van der Waals surface area contributed by atoms with E-state index in [2.05, 4.69) is 35.3 Å². The molecule has 1 aromatic carbocycles. The van der Waals surface area contributed by atoms with E-state index in [1.807, 2.05) is 32.4 Å². The Kier molecular flexibility index (Phi) is 7.69. The van der Waals surface area contributed by atoms with Crippen molar-refractivity contribution in [1.82, 2.24) is 14.9 Å². The number of halogens is 2. The van der Waals surface area contributed by atoms with Crippen LogP contribution in [0.5, 0.6) is 5.75 Å². The van der Waals surface area contributed by atoms with Crippen molar-refractivity contribution in [3.63, 3.8) is 0 Å². The number of nitrogens with one attached hydrogen (secondary N) is 1. The maximum atomic E-state index is 14.3. The number of ether oxygens (including phenoxy) is 2. The van der Waals surface area contributed by atoms with Crippen molar-refractivity contribution in [3.8, 4) is 5.75 Å². The number of fused-ring (bicyclic) bond motifs is 1. The molecule has 2 aromatic heterocycles. The maximum Gasteiger partial charge on any atom is 0.142 e. The second-order valence-electron chi connectivity index (χ2n) is 8.16. The molecule has 3 rings (SSSR count). The van der Waals surface area contributed by atoms with E-state index in [-0.39, 0.29) is 10.9 Å². The van der Waals surface area contributed by atoms with Crippen LogP contribution >= 0.6 is 11.6 Å². The molecule has 0 spiro atoms. The highest BCUT2D eigenvalue weighted by molar-refractivity contribution is 6.31. The van der Waals surface area contributed by atoms with Crippen LogP contribution in [-0.2, 0) is 4.74 Å². The van der Waals surface area contributed by atoms with Crippen LogP contribution in [0.1, 0.15) is 49.8 Å². The molecule has 0 saturated carbocycles. The van der Waals surface area contributed by atoms with Gasteiger partial charge in [0.1, 0.15) is 23.0 Å². The predicted octanol–water partition coefficient (Wildman–Crippen LogP) is 6.75. The number of methoxy groups -OCH3 is 2. The Morgan fingerprint density at radius 2 is 2.06 bits per heavy atom. The van der Waals surface area contributed by atoms with Gasteiger partial charge < -0.3 is 19.4 Å². The van der Waals surface area contributed by atoms with E-state index < -0.39 is 5.82 Å². The van der Waals surface area contributed by atoms with Crippen molar-refractivity contribution < 1.29 is 13.9 Å². The van der Waals surface area contributed by atoms with E-state index in [1.165, 1.54) is 6.07 Å². The summed E-state index contributed by atoms with van der Waals surface area (Å²) >= 11 is 6.36. The first kappa shape index (κ1) is 24.6. The molecule has 0 aliphatic carbocycles. The largest absolute Gasteiger partial charge is 0.497 e. The summed E-state index contributed by atoms with van der Waals surface area (Å²) in [5.74, 6) is 0.365. The summed E-state index contributed by atoms with van der Waals surface area (Å²) < 4.78 is 25.2. The van der Waals surface area contributed by atoms with Crippen molar-refractivity contribution in [3.05, 3.63) is 76.7 Å². The molecule has 0 radical (unpaired) electrons. The lowest BCUT2D eigenvalue weighted by molar-refractivity contribution is 0.308. The number of aromatic amines is 1. The van der Waals surface area contributed by atoms with Crippen molar-refractivity contribution in [2.75, 3.05) is 21.3 Å². The first-order valence-corrected chi connectivity index (χ1v) is 11.3. The van der Waals surface area contributed by atoms with Crippen LogP contribution in [0.2, 0.25) is 5.02 Å². The topological polar surface area (TPSA) is 50.4 Å². The van der Waals surface area contributed by atoms with Gasteiger partial charge in [-0.25, -0.2) is 9.37 Å². The van der Waals surface area contributed by atoms with Gasteiger partial charge in [-0.2, -0.15) is 0 Å². The van der Waals surface area contributed by atoms with Gasteiger partial charge in [0.25, 0.3) is 0 Å². The number of benzene rings is 1. The summed E-state index contributed by atoms with van der Waals surface area (Å²) in [4.78, 5) is 9.98. The smallest absolute Gasteiger partial charge is 0.142 e. The lowest BCUT2D eigenvalue weighted by Gasteiger charge is -2.24. The zero-order valence-electron chi connectivity index (χ0n) is 20.0. The minimum Gasteiger partial charge on any atom is -0.497 e. The maximum absolute atomic E-state index is 14.3. The van der Waals surface area contributed by atoms with Gasteiger partial charge in [0.05, 0.1) is 19.2 Å². The second kappa shape index (κ2) is 10.3. The predicted molar refractivity (Wildman–Crippen MR) is 133 cm³/mol. The molecule has 2 heterocycles. The van der Waals surface area contributed by atoms with Gasteiger partial charge >= 0.3 is 0 Å². The van der Waals surface area contributed by atoms with Crippen LogP contribution in [0.15, 0.2) is 49.1 Å². The molecule has 2 atom stereocenters. The van der Waals surface area contributed by atoms with Crippen molar-refractivity contribution in [1.29, 1.82) is 0 Å². The van der Waals surface area contributed by atoms with E-state index in [1.54, 1.807) is 26.5 Å². The molecule has 33 heavy (non-hydrogen) atoms. The molecule has 0 bridgehead atoms. The number of allylic oxidation sites excluding steroid dienone is 1. The van der Waals surface area contributed by atoms with Crippen molar-refractivity contribution in [2.45, 2.75) is 39.2 Å². The first-order valence-electron chi connectivity index (χ1n) is 10.9. The molecule has 0 saturated heterocycles. The van der Waals surface area contributed by atoms with E-state index in [0.717, 1.165) is 34.2 Å². The molecular formula is C26H31ClFN3O2. The number of pyridine rings is 1. The number of H-pyrrole nitrogens is 1. The van der Waals surface area contributed by atoms with E-state index in [0.29, 0.717) is 23.1 Å². The molecular weight excluding hydrogens is 441 g/mol. The summed E-state index contributed by atoms with van der Waals surface area (Å²) in [5, 5.41) is 0.965. The van der Waals surface area contributed by atoms with Gasteiger partial charge in [0.15, 0.2) is 0 Å². The van der Waals surface area contributed by atoms with Crippen molar-refractivity contribution >= 4 is 28.2 Å². The third kappa shape index (κ3) is 4.86. The summed E-state index contributed by atoms with van der Waals surface area (Å²) in [6.45, 7) is 10.4. The molecule has 5 nitrogen and oxygen atoms in total. The first-order chi connectivity index (χ1) is 15.7. The number of hydrogen-bond acceptors (Lipinski definition) is 4. The molecule has 1 N–H and O–H groups in total. The van der Waals surface area contributed by atoms with E-state index in [9.17, 15) is 4.39 Å². The summed E-state index contributed by atoms with van der Waals surface area (Å²) in [5.41, 5.74) is 3.97. The standard InChI is InChI=1S/C26H31ClFN3O2/c1-8-15(2)31(5)14-21(17(4)32-6)18-11-19-20(13-30-26(19)29-12-18)16(3)24-23(33-7)10-9-22(28)25(24)27/h9-16H,4,8H2,1-3,5-7H3,(H,29,30). The quantitative estimate of drug-likeness (QED) is 0.277. The van der Waals surface area contributed by atoms with Gasteiger partial charge in [-0.3, -0.25) is 0 Å². The van der Waals surface area contributed by atoms with Crippen LogP contribution in [0.3, 0.4) is 0 Å². The Morgan fingerprint density at radius 1 is 1.33 bits per heavy atom. The number of rotatable bonds is 9. The zero-order chi connectivity index (χ0) is 24.3. The monoisotopic (exact) mass is 471 g/mol. The fourth-order valence-electron chi connectivity index (χ4n) is 3.85. The van der Waals surface area contributed by atoms with Crippen LogP contribution in [0.25, 0.3) is 16.6 Å². The van der Waals surface area contributed by atoms with E-state index in [4.69, 9.17) is 21.1 Å². The minimum atomic E-state index is -0.479. The number of aromatic nitrogens is 2. The molecule has 0 fully saturated rings. The summed E-state index contributed by atoms with van der Waals surface area (Å²) in [7, 11) is 5.19. The molecule has 0 amide bonds. The Hall–Kier alpha value is -2.99. The molecule has 176 valence electrons. The minimum absolute atomic E-state index is 0.0591. The molecule has 2 unspecified atom stereocenters. The Labute approximate surface area is 199 Å². The van der Waals surface area contributed by atoms with Gasteiger partial charge in [-0.15, -0.1) is 0 Å². The van der Waals surface area contributed by atoms with Crippen LogP contribution < -0.4 is 4.74 Å². The summed E-state index contributed by atoms with van der Waals surface area (Å²) in [6.07, 6.45) is 6.72. The zero-order valence-corrected chi connectivity index (χ0v) is 20.8. The van der Waals surface area contributed by atoms with Crippen molar-refractivity contribution in [2.24, 2.45) is 0 Å². The summed E-state index contributed by atoms with van der Waals surface area (Å²) in [6, 6.07) is 5.31. The Morgan fingerprint density at radius 3 is 2.70 bits per heavy atom. The van der Waals surface area contributed by atoms with Gasteiger partial charge in [0.2, 0.25) is 0 Å². The highest BCUT2D eigenvalue weighted by atomic mass is 35.5. The normalized spacial score (nSPS) is 13.6. The van der Waals surface area contributed by atoms with Gasteiger partial charge in [-0.1, -0.05) is 32.0 Å².